The van der Waals surface area contributed by atoms with Gasteiger partial charge < -0.3 is 9.47 Å². The lowest BCUT2D eigenvalue weighted by atomic mass is 9.92. The van der Waals surface area contributed by atoms with E-state index >= 15 is 0 Å². The lowest BCUT2D eigenvalue weighted by Gasteiger charge is -2.47. The summed E-state index contributed by atoms with van der Waals surface area (Å²) in [4.78, 5) is 6.67. The van der Waals surface area contributed by atoms with Crippen LogP contribution in [0, 0.1) is 0 Å². The van der Waals surface area contributed by atoms with Gasteiger partial charge in [0.25, 0.3) is 0 Å². The van der Waals surface area contributed by atoms with Crippen molar-refractivity contribution in [1.82, 2.24) is 9.88 Å². The van der Waals surface area contributed by atoms with Gasteiger partial charge in [0, 0.05) is 42.5 Å². The van der Waals surface area contributed by atoms with Crippen LogP contribution in [0.4, 0.5) is 0 Å². The van der Waals surface area contributed by atoms with Crippen molar-refractivity contribution in [2.75, 3.05) is 26.0 Å². The summed E-state index contributed by atoms with van der Waals surface area (Å²) in [6.07, 6.45) is 5.21. The molecule has 2 aromatic rings. The first-order valence-corrected chi connectivity index (χ1v) is 9.73. The number of thioether (sulfide) groups is 1. The smallest absolute Gasteiger partial charge is 0.119 e. The fraction of sp³-hybridized carbons (Fsp3) is 0.450. The van der Waals surface area contributed by atoms with Gasteiger partial charge in [-0.3, -0.25) is 9.88 Å². The maximum atomic E-state index is 6.11. The maximum Gasteiger partial charge on any atom is 0.119 e. The molecule has 0 amide bonds. The molecule has 1 atom stereocenters. The Bertz CT molecular complexity index is 704. The molecular formula is C20H24N2O2S. The van der Waals surface area contributed by atoms with Gasteiger partial charge in [-0.15, -0.1) is 11.8 Å². The van der Waals surface area contributed by atoms with Crippen LogP contribution < -0.4 is 4.74 Å². The normalized spacial score (nSPS) is 22.0. The van der Waals surface area contributed by atoms with Crippen LogP contribution in [-0.4, -0.2) is 46.7 Å². The van der Waals surface area contributed by atoms with Crippen LogP contribution in [-0.2, 0) is 17.9 Å². The minimum atomic E-state index is 0.365. The van der Waals surface area contributed by atoms with Crippen LogP contribution in [0.15, 0.2) is 48.8 Å². The third kappa shape index (κ3) is 4.00. The van der Waals surface area contributed by atoms with E-state index in [-0.39, 0.29) is 0 Å². The lowest BCUT2D eigenvalue weighted by Crippen LogP contribution is -2.58. The number of likely N-dealkylation sites (tertiary alicyclic amines) is 1. The Morgan fingerprint density at radius 1 is 1.24 bits per heavy atom. The number of hydrogen-bond acceptors (Lipinski definition) is 5. The Balaban J connectivity index is 1.24. The van der Waals surface area contributed by atoms with E-state index in [0.717, 1.165) is 43.1 Å². The molecule has 2 saturated heterocycles. The summed E-state index contributed by atoms with van der Waals surface area (Å²) in [5, 5.41) is 0. The summed E-state index contributed by atoms with van der Waals surface area (Å²) in [7, 11) is 1.72. The van der Waals surface area contributed by atoms with Crippen molar-refractivity contribution in [2.45, 2.75) is 30.4 Å². The molecule has 25 heavy (non-hydrogen) atoms. The average molecular weight is 356 g/mol. The van der Waals surface area contributed by atoms with E-state index in [1.807, 2.05) is 18.3 Å². The topological polar surface area (TPSA) is 34.6 Å². The number of nitrogens with zero attached hydrogens (tertiary/aromatic N) is 2. The molecule has 3 heterocycles. The van der Waals surface area contributed by atoms with E-state index < -0.39 is 0 Å². The summed E-state index contributed by atoms with van der Waals surface area (Å²) in [6.45, 7) is 3.98. The third-order valence-corrected chi connectivity index (χ3v) is 6.52. The number of methoxy groups -OCH3 is 1. The molecular weight excluding hydrogens is 332 g/mol. The number of aromatic nitrogens is 1. The van der Waals surface area contributed by atoms with Gasteiger partial charge in [-0.25, -0.2) is 0 Å². The molecule has 2 fully saturated rings. The van der Waals surface area contributed by atoms with Gasteiger partial charge in [0.15, 0.2) is 0 Å². The van der Waals surface area contributed by atoms with Crippen molar-refractivity contribution in [3.05, 3.63) is 59.9 Å². The molecule has 132 valence electrons. The summed E-state index contributed by atoms with van der Waals surface area (Å²) in [6, 6.07) is 12.4. The van der Waals surface area contributed by atoms with Gasteiger partial charge in [0.1, 0.15) is 5.75 Å². The largest absolute Gasteiger partial charge is 0.497 e. The monoisotopic (exact) mass is 356 g/mol. The predicted octanol–water partition coefficient (Wildman–Crippen LogP) is 3.37. The van der Waals surface area contributed by atoms with Crippen LogP contribution in [0.2, 0.25) is 0 Å². The maximum absolute atomic E-state index is 6.11. The van der Waals surface area contributed by atoms with E-state index in [1.54, 1.807) is 13.3 Å². The van der Waals surface area contributed by atoms with E-state index in [2.05, 4.69) is 45.9 Å². The van der Waals surface area contributed by atoms with Gasteiger partial charge >= 0.3 is 0 Å². The molecule has 0 aliphatic carbocycles. The zero-order valence-corrected chi connectivity index (χ0v) is 15.4. The number of pyridine rings is 1. The van der Waals surface area contributed by atoms with Crippen molar-refractivity contribution >= 4 is 11.8 Å². The van der Waals surface area contributed by atoms with E-state index in [1.165, 1.54) is 5.56 Å². The van der Waals surface area contributed by atoms with Crippen molar-refractivity contribution in [3.8, 4) is 5.75 Å². The highest BCUT2D eigenvalue weighted by Gasteiger charge is 2.49. The van der Waals surface area contributed by atoms with Crippen LogP contribution in [0.25, 0.3) is 0 Å². The summed E-state index contributed by atoms with van der Waals surface area (Å²) < 4.78 is 11.8. The predicted molar refractivity (Wildman–Crippen MR) is 101 cm³/mol. The second-order valence-corrected chi connectivity index (χ2v) is 8.48. The van der Waals surface area contributed by atoms with Gasteiger partial charge in [0.05, 0.1) is 19.8 Å². The summed E-state index contributed by atoms with van der Waals surface area (Å²) in [5.41, 5.74) is 2.48. The first kappa shape index (κ1) is 16.9. The van der Waals surface area contributed by atoms with Gasteiger partial charge in [-0.2, -0.15) is 0 Å². The number of rotatable bonds is 6. The minimum Gasteiger partial charge on any atom is -0.497 e. The Hall–Kier alpha value is -1.56. The van der Waals surface area contributed by atoms with Crippen molar-refractivity contribution in [3.63, 3.8) is 0 Å². The summed E-state index contributed by atoms with van der Waals surface area (Å²) >= 11 is 2.09. The molecule has 5 heteroatoms. The number of ether oxygens (including phenoxy) is 2. The Morgan fingerprint density at radius 2 is 2.12 bits per heavy atom. The van der Waals surface area contributed by atoms with E-state index in [0.29, 0.717) is 17.5 Å². The Morgan fingerprint density at radius 3 is 2.92 bits per heavy atom. The van der Waals surface area contributed by atoms with E-state index in [9.17, 15) is 0 Å². The molecule has 2 aliphatic heterocycles. The molecule has 0 N–H and O–H groups in total. The minimum absolute atomic E-state index is 0.365. The van der Waals surface area contributed by atoms with Crippen LogP contribution >= 0.6 is 11.8 Å². The van der Waals surface area contributed by atoms with Crippen LogP contribution in [0.3, 0.4) is 0 Å². The highest BCUT2D eigenvalue weighted by Crippen LogP contribution is 2.46. The first-order valence-electron chi connectivity index (χ1n) is 8.74. The lowest BCUT2D eigenvalue weighted by molar-refractivity contribution is 0.0263. The highest BCUT2D eigenvalue weighted by atomic mass is 32.2. The molecule has 0 bridgehead atoms. The SMILES string of the molecule is COc1cccc(CN2CC3(C[C@H](OCc4cccnc4)CS3)C2)c1. The summed E-state index contributed by atoms with van der Waals surface area (Å²) in [5.74, 6) is 2.04. The quantitative estimate of drug-likeness (QED) is 0.793. The van der Waals surface area contributed by atoms with Crippen molar-refractivity contribution < 1.29 is 9.47 Å². The van der Waals surface area contributed by atoms with Gasteiger partial charge in [-0.1, -0.05) is 18.2 Å². The highest BCUT2D eigenvalue weighted by molar-refractivity contribution is 8.01. The molecule has 0 unspecified atom stereocenters. The molecule has 4 nitrogen and oxygen atoms in total. The fourth-order valence-corrected chi connectivity index (χ4v) is 5.34. The molecule has 0 saturated carbocycles. The first-order chi connectivity index (χ1) is 12.2. The van der Waals surface area contributed by atoms with Crippen molar-refractivity contribution in [1.29, 1.82) is 0 Å². The van der Waals surface area contributed by atoms with E-state index in [4.69, 9.17) is 9.47 Å². The Labute approximate surface area is 153 Å². The zero-order chi connectivity index (χ0) is 17.1. The number of hydrogen-bond donors (Lipinski definition) is 0. The van der Waals surface area contributed by atoms with Gasteiger partial charge in [-0.05, 0) is 35.7 Å². The average Bonchev–Trinajstić information content (AvgIpc) is 3.05. The fourth-order valence-electron chi connectivity index (χ4n) is 3.74. The van der Waals surface area contributed by atoms with Crippen LogP contribution in [0.5, 0.6) is 5.75 Å². The Kier molecular flexibility index (Phi) is 4.97. The molecule has 1 spiro atoms. The second kappa shape index (κ2) is 7.36. The third-order valence-electron chi connectivity index (χ3n) is 4.95. The van der Waals surface area contributed by atoms with Gasteiger partial charge in [0.2, 0.25) is 0 Å². The molecule has 0 radical (unpaired) electrons. The van der Waals surface area contributed by atoms with Crippen LogP contribution in [0.1, 0.15) is 17.5 Å². The molecule has 1 aromatic carbocycles. The number of benzene rings is 1. The molecule has 2 aliphatic rings. The standard InChI is InChI=1S/C20H24N2O2S/c1-23-18-6-2-4-16(8-18)11-22-14-20(15-22)9-19(13-25-20)24-12-17-5-3-7-21-10-17/h2-8,10,19H,9,11-15H2,1H3/t19-/m0/s1. The molecule has 1 aromatic heterocycles. The zero-order valence-electron chi connectivity index (χ0n) is 14.6. The molecule has 4 rings (SSSR count). The second-order valence-electron chi connectivity index (χ2n) is 6.99. The van der Waals surface area contributed by atoms with Crippen molar-refractivity contribution in [2.24, 2.45) is 0 Å².